The van der Waals surface area contributed by atoms with E-state index in [0.717, 1.165) is 12.7 Å². The molecule has 0 unspecified atom stereocenters. The van der Waals surface area contributed by atoms with Crippen LogP contribution in [0.3, 0.4) is 0 Å². The SMILES string of the molecule is Cc1nc2cccc(BC3CCCCCCC3)c2c(=O)n1[C@@H]1CCC(=O)NC1=O. The van der Waals surface area contributed by atoms with Gasteiger partial charge in [0, 0.05) is 6.42 Å². The lowest BCUT2D eigenvalue weighted by Crippen LogP contribution is -2.45. The van der Waals surface area contributed by atoms with Gasteiger partial charge in [-0.3, -0.25) is 24.3 Å². The lowest BCUT2D eigenvalue weighted by Gasteiger charge is -2.25. The number of carbonyl (C=O) groups excluding carboxylic acids is 2. The van der Waals surface area contributed by atoms with Crippen LogP contribution in [-0.4, -0.2) is 28.6 Å². The summed E-state index contributed by atoms with van der Waals surface area (Å²) < 4.78 is 1.49. The van der Waals surface area contributed by atoms with Gasteiger partial charge in [-0.25, -0.2) is 4.98 Å². The molecule has 6 nitrogen and oxygen atoms in total. The van der Waals surface area contributed by atoms with Crippen molar-refractivity contribution in [2.45, 2.75) is 76.6 Å². The van der Waals surface area contributed by atoms with Crippen LogP contribution in [0.2, 0.25) is 5.82 Å². The summed E-state index contributed by atoms with van der Waals surface area (Å²) in [6.07, 6.45) is 9.44. The number of aromatic nitrogens is 2. The van der Waals surface area contributed by atoms with Crippen molar-refractivity contribution in [2.24, 2.45) is 0 Å². The van der Waals surface area contributed by atoms with Crippen LogP contribution in [0, 0.1) is 6.92 Å². The standard InChI is InChI=1S/C22H28BN3O3/c1-14-24-17-11-7-10-16(23-15-8-5-3-2-4-6-9-15)20(17)22(29)26(14)18-12-13-19(27)25-21(18)28/h7,10-11,15,18,23H,2-6,8-9,12-13H2,1H3,(H,25,27,28)/t18-/m1/s1. The van der Waals surface area contributed by atoms with Crippen molar-refractivity contribution in [3.63, 3.8) is 0 Å². The zero-order valence-corrected chi connectivity index (χ0v) is 17.1. The molecule has 4 rings (SSSR count). The first kappa shape index (κ1) is 19.9. The Kier molecular flexibility index (Phi) is 5.83. The number of piperidine rings is 1. The lowest BCUT2D eigenvalue weighted by molar-refractivity contribution is -0.135. The predicted molar refractivity (Wildman–Crippen MR) is 115 cm³/mol. The molecule has 1 N–H and O–H groups in total. The number of nitrogens with zero attached hydrogens (tertiary/aromatic N) is 2. The Hall–Kier alpha value is -2.44. The Balaban J connectivity index is 1.74. The van der Waals surface area contributed by atoms with Gasteiger partial charge in [0.05, 0.1) is 10.9 Å². The smallest absolute Gasteiger partial charge is 0.261 e. The van der Waals surface area contributed by atoms with E-state index in [1.165, 1.54) is 49.5 Å². The third kappa shape index (κ3) is 4.14. The highest BCUT2D eigenvalue weighted by Gasteiger charge is 2.31. The van der Waals surface area contributed by atoms with Crippen LogP contribution in [0.1, 0.15) is 69.7 Å². The number of rotatable bonds is 3. The first-order valence-corrected chi connectivity index (χ1v) is 10.9. The van der Waals surface area contributed by atoms with Crippen molar-refractivity contribution < 1.29 is 9.59 Å². The number of hydrogen-bond donors (Lipinski definition) is 1. The molecule has 152 valence electrons. The maximum Gasteiger partial charge on any atom is 0.261 e. The van der Waals surface area contributed by atoms with Crippen LogP contribution in [0.25, 0.3) is 10.9 Å². The minimum Gasteiger partial charge on any atom is -0.295 e. The quantitative estimate of drug-likeness (QED) is 0.641. The molecule has 0 radical (unpaired) electrons. The fourth-order valence-corrected chi connectivity index (χ4v) is 4.94. The van der Waals surface area contributed by atoms with Crippen LogP contribution in [0.5, 0.6) is 0 Å². The van der Waals surface area contributed by atoms with E-state index < -0.39 is 11.9 Å². The number of carbonyl (C=O) groups is 2. The summed E-state index contributed by atoms with van der Waals surface area (Å²) >= 11 is 0. The summed E-state index contributed by atoms with van der Waals surface area (Å²) in [4.78, 5) is 42.1. The molecule has 2 heterocycles. The van der Waals surface area contributed by atoms with E-state index in [1.807, 2.05) is 18.2 Å². The van der Waals surface area contributed by atoms with Crippen molar-refractivity contribution >= 4 is 35.5 Å². The third-order valence-corrected chi connectivity index (χ3v) is 6.45. The third-order valence-electron chi connectivity index (χ3n) is 6.45. The number of nitrogens with one attached hydrogen (secondary N) is 1. The van der Waals surface area contributed by atoms with Gasteiger partial charge in [0.1, 0.15) is 11.9 Å². The maximum atomic E-state index is 13.5. The topological polar surface area (TPSA) is 81.1 Å². The van der Waals surface area contributed by atoms with E-state index in [0.29, 0.717) is 29.0 Å². The van der Waals surface area contributed by atoms with Crippen LogP contribution in [0.15, 0.2) is 23.0 Å². The molecule has 1 atom stereocenters. The molecule has 29 heavy (non-hydrogen) atoms. The highest BCUT2D eigenvalue weighted by molar-refractivity contribution is 6.58. The Morgan fingerprint density at radius 3 is 2.48 bits per heavy atom. The van der Waals surface area contributed by atoms with Crippen molar-refractivity contribution in [2.75, 3.05) is 0 Å². The first-order valence-electron chi connectivity index (χ1n) is 10.9. The molecule has 1 aromatic heterocycles. The van der Waals surface area contributed by atoms with Gasteiger partial charge in [-0.05, 0) is 19.4 Å². The average Bonchev–Trinajstić information content (AvgIpc) is 2.65. The minimum absolute atomic E-state index is 0.163. The number of aryl methyl sites for hydroxylation is 1. The molecule has 2 aliphatic rings. The molecule has 1 saturated carbocycles. The van der Waals surface area contributed by atoms with Gasteiger partial charge in [-0.2, -0.15) is 0 Å². The molecule has 1 saturated heterocycles. The predicted octanol–water partition coefficient (Wildman–Crippen LogP) is 2.28. The molecule has 0 bridgehead atoms. The molecular formula is C22H28BN3O3. The summed E-state index contributed by atoms with van der Waals surface area (Å²) in [7, 11) is 0.882. The minimum atomic E-state index is -0.674. The van der Waals surface area contributed by atoms with E-state index in [1.54, 1.807) is 6.92 Å². The van der Waals surface area contributed by atoms with Gasteiger partial charge in [-0.15, -0.1) is 0 Å². The fraction of sp³-hybridized carbons (Fsp3) is 0.545. The van der Waals surface area contributed by atoms with E-state index in [9.17, 15) is 14.4 Å². The normalized spacial score (nSPS) is 21.5. The van der Waals surface area contributed by atoms with Crippen LogP contribution in [-0.2, 0) is 9.59 Å². The summed E-state index contributed by atoms with van der Waals surface area (Å²) in [6, 6.07) is 5.21. The highest BCUT2D eigenvalue weighted by atomic mass is 16.2. The van der Waals surface area contributed by atoms with Gasteiger partial charge in [-0.1, -0.05) is 68.4 Å². The van der Waals surface area contributed by atoms with Gasteiger partial charge < -0.3 is 0 Å². The molecule has 7 heteroatoms. The highest BCUT2D eigenvalue weighted by Crippen LogP contribution is 2.26. The number of hydrogen-bond acceptors (Lipinski definition) is 4. The summed E-state index contributed by atoms with van der Waals surface area (Å²) in [6.45, 7) is 1.76. The van der Waals surface area contributed by atoms with E-state index in [4.69, 9.17) is 0 Å². The number of benzene rings is 1. The second-order valence-corrected chi connectivity index (χ2v) is 8.53. The zero-order chi connectivity index (χ0) is 20.4. The molecule has 1 aromatic carbocycles. The molecule has 0 spiro atoms. The van der Waals surface area contributed by atoms with Gasteiger partial charge in [0.15, 0.2) is 7.28 Å². The maximum absolute atomic E-state index is 13.5. The van der Waals surface area contributed by atoms with E-state index >= 15 is 0 Å². The Labute approximate surface area is 171 Å². The van der Waals surface area contributed by atoms with Crippen molar-refractivity contribution in [3.8, 4) is 0 Å². The second-order valence-electron chi connectivity index (χ2n) is 8.53. The van der Waals surface area contributed by atoms with Crippen molar-refractivity contribution in [1.29, 1.82) is 0 Å². The van der Waals surface area contributed by atoms with Crippen LogP contribution < -0.4 is 16.3 Å². The van der Waals surface area contributed by atoms with E-state index in [-0.39, 0.29) is 17.9 Å². The molecule has 2 amide bonds. The van der Waals surface area contributed by atoms with Crippen LogP contribution >= 0.6 is 0 Å². The summed E-state index contributed by atoms with van der Waals surface area (Å²) in [5.74, 6) is 0.409. The van der Waals surface area contributed by atoms with Crippen molar-refractivity contribution in [1.82, 2.24) is 14.9 Å². The molecule has 2 aromatic rings. The van der Waals surface area contributed by atoms with Crippen molar-refractivity contribution in [3.05, 3.63) is 34.4 Å². The van der Waals surface area contributed by atoms with Gasteiger partial charge in [0.25, 0.3) is 5.56 Å². The fourth-order valence-electron chi connectivity index (χ4n) is 4.94. The largest absolute Gasteiger partial charge is 0.295 e. The number of fused-ring (bicyclic) bond motifs is 1. The number of amides is 2. The second kappa shape index (κ2) is 8.51. The molecule has 2 fully saturated rings. The van der Waals surface area contributed by atoms with E-state index in [2.05, 4.69) is 10.3 Å². The van der Waals surface area contributed by atoms with Crippen LogP contribution in [0.4, 0.5) is 0 Å². The molecular weight excluding hydrogens is 365 g/mol. The Morgan fingerprint density at radius 2 is 1.76 bits per heavy atom. The van der Waals surface area contributed by atoms with Gasteiger partial charge >= 0.3 is 0 Å². The summed E-state index contributed by atoms with van der Waals surface area (Å²) in [5, 5.41) is 2.99. The lowest BCUT2D eigenvalue weighted by atomic mass is 9.55. The van der Waals surface area contributed by atoms with Gasteiger partial charge in [0.2, 0.25) is 11.8 Å². The average molecular weight is 393 g/mol. The summed E-state index contributed by atoms with van der Waals surface area (Å²) in [5.41, 5.74) is 1.56. The monoisotopic (exact) mass is 393 g/mol. The first-order chi connectivity index (χ1) is 14.0. The number of imide groups is 1. The molecule has 1 aliphatic heterocycles. The Bertz CT molecular complexity index is 993. The zero-order valence-electron chi connectivity index (χ0n) is 17.1. The Morgan fingerprint density at radius 1 is 1.03 bits per heavy atom. The molecule has 1 aliphatic carbocycles.